The minimum atomic E-state index is -6.58. The standard InChI is InChI=1S/C2F6O3S.Li.H/c3-1(4,5)2(6,7)12(9,10)11-8;;/q;+1;-1. The molecule has 0 N–H and O–H groups in total. The number of rotatable bonds is 2. The summed E-state index contributed by atoms with van der Waals surface area (Å²) in [6.07, 6.45) is -6.40. The molecule has 3 nitrogen and oxygen atoms in total. The molecule has 13 heavy (non-hydrogen) atoms. The van der Waals surface area contributed by atoms with Crippen molar-refractivity contribution in [1.29, 1.82) is 0 Å². The predicted molar refractivity (Wildman–Crippen MR) is 23.2 cm³/mol. The van der Waals surface area contributed by atoms with E-state index in [4.69, 9.17) is 0 Å². The van der Waals surface area contributed by atoms with Crippen LogP contribution < -0.4 is 18.9 Å². The Kier molecular flexibility index (Phi) is 4.88. The summed E-state index contributed by atoms with van der Waals surface area (Å²) >= 11 is 0. The topological polar surface area (TPSA) is 43.4 Å². The third-order valence-electron chi connectivity index (χ3n) is 0.727. The van der Waals surface area contributed by atoms with Gasteiger partial charge in [-0.15, -0.1) is 0 Å². The van der Waals surface area contributed by atoms with Crippen molar-refractivity contribution in [2.75, 3.05) is 0 Å². The Labute approximate surface area is 81.7 Å². The van der Waals surface area contributed by atoms with Gasteiger partial charge in [0.2, 0.25) is 0 Å². The van der Waals surface area contributed by atoms with Gasteiger partial charge in [-0.3, -0.25) is 0 Å². The first-order valence-electron chi connectivity index (χ1n) is 2.05. The first kappa shape index (κ1) is 15.6. The number of alkyl halides is 5. The minimum Gasteiger partial charge on any atom is -1.00 e. The van der Waals surface area contributed by atoms with Crippen molar-refractivity contribution < 1.29 is 59.6 Å². The van der Waals surface area contributed by atoms with E-state index >= 15 is 0 Å². The summed E-state index contributed by atoms with van der Waals surface area (Å²) in [6.45, 7) is 0. The molecule has 0 saturated heterocycles. The summed E-state index contributed by atoms with van der Waals surface area (Å²) in [5.41, 5.74) is 0. The summed E-state index contributed by atoms with van der Waals surface area (Å²) in [5.74, 6) is 0. The van der Waals surface area contributed by atoms with E-state index in [1.165, 1.54) is 4.39 Å². The van der Waals surface area contributed by atoms with Crippen LogP contribution in [0.4, 0.5) is 26.5 Å². The Bertz CT molecular complexity index is 261. The Morgan fingerprint density at radius 1 is 1.08 bits per heavy atom. The molecule has 0 rings (SSSR count). The molecule has 0 aliphatic rings. The van der Waals surface area contributed by atoms with Crippen LogP contribution in [0.5, 0.6) is 0 Å². The first-order valence-corrected chi connectivity index (χ1v) is 3.46. The van der Waals surface area contributed by atoms with Gasteiger partial charge in [0.05, 0.1) is 0 Å². The van der Waals surface area contributed by atoms with E-state index < -0.39 is 21.5 Å². The van der Waals surface area contributed by atoms with Gasteiger partial charge in [-0.25, -0.2) is 0 Å². The molecule has 76 valence electrons. The molecule has 0 radical (unpaired) electrons. The molecule has 0 heterocycles. The number of halogens is 6. The van der Waals surface area contributed by atoms with Crippen LogP contribution in [0.25, 0.3) is 0 Å². The third-order valence-corrected chi connectivity index (χ3v) is 1.75. The molecule has 0 aliphatic carbocycles. The molecule has 0 aliphatic heterocycles. The van der Waals surface area contributed by atoms with Crippen LogP contribution in [-0.2, 0) is 14.5 Å². The van der Waals surface area contributed by atoms with Gasteiger partial charge in [0.1, 0.15) is 0 Å². The fraction of sp³-hybridized carbons (Fsp3) is 1.00. The molecule has 0 aromatic heterocycles. The van der Waals surface area contributed by atoms with Crippen LogP contribution in [0.15, 0.2) is 0 Å². The molecule has 0 amide bonds. The van der Waals surface area contributed by atoms with Crippen molar-refractivity contribution in [2.45, 2.75) is 11.4 Å². The first-order chi connectivity index (χ1) is 5.06. The fourth-order valence-electron chi connectivity index (χ4n) is 0.181. The average Bonchev–Trinajstić information content (AvgIpc) is 1.85. The second-order valence-electron chi connectivity index (χ2n) is 1.53. The van der Waals surface area contributed by atoms with Crippen molar-refractivity contribution in [3.8, 4) is 0 Å². The van der Waals surface area contributed by atoms with Gasteiger partial charge in [-0.05, 0) is 4.53 Å². The molecular weight excluding hydrogens is 225 g/mol. The van der Waals surface area contributed by atoms with E-state index in [0.717, 1.165) is 0 Å². The van der Waals surface area contributed by atoms with Gasteiger partial charge < -0.3 is 1.43 Å². The van der Waals surface area contributed by atoms with Crippen LogP contribution in [0, 0.1) is 0 Å². The van der Waals surface area contributed by atoms with Gasteiger partial charge in [0.15, 0.2) is 0 Å². The Morgan fingerprint density at radius 3 is 1.46 bits per heavy atom. The normalized spacial score (nSPS) is 13.7. The summed E-state index contributed by atoms with van der Waals surface area (Å²) < 4.78 is 88.1. The average molecular weight is 226 g/mol. The summed E-state index contributed by atoms with van der Waals surface area (Å²) in [4.78, 5) is 0. The molecule has 0 aromatic rings. The molecule has 11 heteroatoms. The van der Waals surface area contributed by atoms with Crippen molar-refractivity contribution >= 4 is 10.1 Å². The van der Waals surface area contributed by atoms with E-state index in [2.05, 4.69) is 0 Å². The van der Waals surface area contributed by atoms with E-state index in [9.17, 15) is 34.9 Å². The smallest absolute Gasteiger partial charge is 1.00 e. The third kappa shape index (κ3) is 2.77. The predicted octanol–water partition coefficient (Wildman–Crippen LogP) is -1.51. The summed E-state index contributed by atoms with van der Waals surface area (Å²) in [7, 11) is -6.58. The number of hydrogen-bond donors (Lipinski definition) is 0. The summed E-state index contributed by atoms with van der Waals surface area (Å²) in [5, 5.41) is -6.24. The van der Waals surface area contributed by atoms with E-state index in [1.807, 2.05) is 0 Å². The van der Waals surface area contributed by atoms with Gasteiger partial charge in [-0.2, -0.15) is 30.4 Å². The maximum atomic E-state index is 11.6. The number of hydrogen-bond acceptors (Lipinski definition) is 3. The van der Waals surface area contributed by atoms with Crippen molar-refractivity contribution in [2.24, 2.45) is 0 Å². The quantitative estimate of drug-likeness (QED) is 0.424. The summed E-state index contributed by atoms with van der Waals surface area (Å²) in [6, 6.07) is 0. The molecule has 0 unspecified atom stereocenters. The molecule has 0 atom stereocenters. The Hall–Kier alpha value is 0.0874. The zero-order chi connectivity index (χ0) is 10.2. The Morgan fingerprint density at radius 2 is 1.38 bits per heavy atom. The maximum absolute atomic E-state index is 11.6. The molecule has 0 saturated carbocycles. The minimum absolute atomic E-state index is 0. The van der Waals surface area contributed by atoms with Crippen LogP contribution in [-0.4, -0.2) is 19.8 Å². The van der Waals surface area contributed by atoms with Gasteiger partial charge in [0.25, 0.3) is 0 Å². The van der Waals surface area contributed by atoms with Crippen LogP contribution in [0.1, 0.15) is 1.43 Å². The monoisotopic (exact) mass is 226 g/mol. The molecule has 0 fully saturated rings. The van der Waals surface area contributed by atoms with Gasteiger partial charge in [-0.1, -0.05) is 4.39 Å². The second kappa shape index (κ2) is 4.08. The van der Waals surface area contributed by atoms with Gasteiger partial charge in [0, 0.05) is 0 Å². The van der Waals surface area contributed by atoms with E-state index in [-0.39, 0.29) is 20.3 Å². The van der Waals surface area contributed by atoms with E-state index in [1.54, 1.807) is 0 Å². The van der Waals surface area contributed by atoms with Gasteiger partial charge >= 0.3 is 40.4 Å². The van der Waals surface area contributed by atoms with Crippen molar-refractivity contribution in [3.63, 3.8) is 0 Å². The molecule has 0 spiro atoms. The molecular formula is C2HF6LiO3S. The Balaban J connectivity index is -0.000000605. The van der Waals surface area contributed by atoms with Crippen LogP contribution in [0.2, 0.25) is 0 Å². The van der Waals surface area contributed by atoms with Crippen LogP contribution >= 0.6 is 0 Å². The largest absolute Gasteiger partial charge is 1.00 e. The van der Waals surface area contributed by atoms with Crippen molar-refractivity contribution in [3.05, 3.63) is 0 Å². The van der Waals surface area contributed by atoms with E-state index in [0.29, 0.717) is 0 Å². The maximum Gasteiger partial charge on any atom is 1.00 e. The zero-order valence-electron chi connectivity index (χ0n) is 6.90. The van der Waals surface area contributed by atoms with Crippen molar-refractivity contribution in [1.82, 2.24) is 0 Å². The zero-order valence-corrected chi connectivity index (χ0v) is 6.72. The molecule has 0 aromatic carbocycles. The van der Waals surface area contributed by atoms with Crippen LogP contribution in [0.3, 0.4) is 0 Å². The fourth-order valence-corrected chi connectivity index (χ4v) is 0.544. The molecule has 0 bridgehead atoms. The second-order valence-corrected chi connectivity index (χ2v) is 3.08. The SMILES string of the molecule is O=S(=O)(OF)C(F)(F)C(F)(F)F.[H-].[Li+].